The van der Waals surface area contributed by atoms with Gasteiger partial charge in [0.25, 0.3) is 0 Å². The number of pyridine rings is 1. The summed E-state index contributed by atoms with van der Waals surface area (Å²) in [7, 11) is 0. The molecule has 4 nitrogen and oxygen atoms in total. The minimum absolute atomic E-state index is 0.190. The molecule has 0 saturated carbocycles. The normalized spacial score (nSPS) is 10.8. The number of fused-ring (bicyclic) bond motifs is 1. The predicted molar refractivity (Wildman–Crippen MR) is 73.4 cm³/mol. The fourth-order valence-electron chi connectivity index (χ4n) is 1.83. The summed E-state index contributed by atoms with van der Waals surface area (Å²) in [6.07, 6.45) is 3.87. The maximum Gasteiger partial charge on any atom is 0.339 e. The van der Waals surface area contributed by atoms with Gasteiger partial charge in [0.15, 0.2) is 0 Å². The maximum atomic E-state index is 11.7. The van der Waals surface area contributed by atoms with E-state index in [0.29, 0.717) is 5.56 Å². The number of aryl methyl sites for hydroxylation is 1. The number of carbonyl (C=O) groups excluding carboxylic acids is 1. The summed E-state index contributed by atoms with van der Waals surface area (Å²) in [5.74, 6) is -0.311. The molecule has 19 heavy (non-hydrogen) atoms. The SMILES string of the molecule is Cc1ccc2nc(COC(=O)c3ccsc3)cn2c1. The van der Waals surface area contributed by atoms with Crippen LogP contribution in [0, 0.1) is 6.92 Å². The summed E-state index contributed by atoms with van der Waals surface area (Å²) < 4.78 is 7.16. The molecule has 0 atom stereocenters. The lowest BCUT2D eigenvalue weighted by molar-refractivity contribution is 0.0469. The van der Waals surface area contributed by atoms with E-state index in [2.05, 4.69) is 4.98 Å². The first-order valence-electron chi connectivity index (χ1n) is 5.86. The van der Waals surface area contributed by atoms with E-state index in [1.54, 1.807) is 11.4 Å². The molecule has 0 aliphatic heterocycles. The molecule has 0 bridgehead atoms. The number of esters is 1. The molecule has 0 radical (unpaired) electrons. The van der Waals surface area contributed by atoms with Gasteiger partial charge in [-0.15, -0.1) is 0 Å². The number of hydrogen-bond acceptors (Lipinski definition) is 4. The fraction of sp³-hybridized carbons (Fsp3) is 0.143. The van der Waals surface area contributed by atoms with Crippen molar-refractivity contribution >= 4 is 23.0 Å². The van der Waals surface area contributed by atoms with E-state index in [1.807, 2.05) is 41.2 Å². The lowest BCUT2D eigenvalue weighted by Crippen LogP contribution is -2.03. The highest BCUT2D eigenvalue weighted by Gasteiger charge is 2.09. The van der Waals surface area contributed by atoms with Crippen LogP contribution in [0.1, 0.15) is 21.6 Å². The topological polar surface area (TPSA) is 43.6 Å². The molecule has 0 saturated heterocycles. The first-order chi connectivity index (χ1) is 9.22. The Bertz CT molecular complexity index is 716. The van der Waals surface area contributed by atoms with Crippen LogP contribution in [0.3, 0.4) is 0 Å². The largest absolute Gasteiger partial charge is 0.455 e. The number of ether oxygens (including phenoxy) is 1. The van der Waals surface area contributed by atoms with E-state index >= 15 is 0 Å². The van der Waals surface area contributed by atoms with Crippen molar-refractivity contribution in [3.8, 4) is 0 Å². The monoisotopic (exact) mass is 272 g/mol. The Hall–Kier alpha value is -2.14. The van der Waals surface area contributed by atoms with Crippen molar-refractivity contribution in [3.05, 3.63) is 58.2 Å². The standard InChI is InChI=1S/C14H12N2O2S/c1-10-2-3-13-15-12(7-16(13)6-10)8-18-14(17)11-4-5-19-9-11/h2-7,9H,8H2,1H3. The van der Waals surface area contributed by atoms with Gasteiger partial charge in [0.1, 0.15) is 12.3 Å². The third-order valence-electron chi connectivity index (χ3n) is 2.76. The van der Waals surface area contributed by atoms with Crippen molar-refractivity contribution in [2.75, 3.05) is 0 Å². The lowest BCUT2D eigenvalue weighted by atomic mass is 10.3. The number of rotatable bonds is 3. The number of thiophene rings is 1. The second-order valence-electron chi connectivity index (χ2n) is 4.29. The zero-order chi connectivity index (χ0) is 13.2. The molecule has 0 N–H and O–H groups in total. The number of carbonyl (C=O) groups is 1. The third kappa shape index (κ3) is 2.51. The number of nitrogens with zero attached hydrogens (tertiary/aromatic N) is 2. The van der Waals surface area contributed by atoms with E-state index in [0.717, 1.165) is 16.9 Å². The molecule has 0 aromatic carbocycles. The summed E-state index contributed by atoms with van der Waals surface area (Å²) in [6, 6.07) is 5.70. The van der Waals surface area contributed by atoms with Gasteiger partial charge in [0.2, 0.25) is 0 Å². The maximum absolute atomic E-state index is 11.7. The van der Waals surface area contributed by atoms with E-state index in [-0.39, 0.29) is 12.6 Å². The predicted octanol–water partition coefficient (Wildman–Crippen LogP) is 3.06. The fourth-order valence-corrected chi connectivity index (χ4v) is 2.45. The van der Waals surface area contributed by atoms with Crippen molar-refractivity contribution in [3.63, 3.8) is 0 Å². The minimum atomic E-state index is -0.311. The molecule has 96 valence electrons. The van der Waals surface area contributed by atoms with Crippen LogP contribution in [-0.2, 0) is 11.3 Å². The van der Waals surface area contributed by atoms with Crippen LogP contribution in [0.5, 0.6) is 0 Å². The zero-order valence-electron chi connectivity index (χ0n) is 10.4. The van der Waals surface area contributed by atoms with Crippen LogP contribution < -0.4 is 0 Å². The molecular weight excluding hydrogens is 260 g/mol. The number of imidazole rings is 1. The van der Waals surface area contributed by atoms with E-state index in [9.17, 15) is 4.79 Å². The van der Waals surface area contributed by atoms with Gasteiger partial charge in [-0.25, -0.2) is 9.78 Å². The minimum Gasteiger partial charge on any atom is -0.455 e. The van der Waals surface area contributed by atoms with E-state index in [4.69, 9.17) is 4.74 Å². The van der Waals surface area contributed by atoms with Gasteiger partial charge in [0, 0.05) is 17.8 Å². The van der Waals surface area contributed by atoms with Crippen molar-refractivity contribution in [2.45, 2.75) is 13.5 Å². The summed E-state index contributed by atoms with van der Waals surface area (Å²) in [6.45, 7) is 2.21. The van der Waals surface area contributed by atoms with Gasteiger partial charge in [-0.05, 0) is 30.0 Å². The molecular formula is C14H12N2O2S. The van der Waals surface area contributed by atoms with Gasteiger partial charge in [0.05, 0.1) is 11.3 Å². The average molecular weight is 272 g/mol. The highest BCUT2D eigenvalue weighted by molar-refractivity contribution is 7.08. The molecule has 3 rings (SSSR count). The van der Waals surface area contributed by atoms with Gasteiger partial charge in [-0.1, -0.05) is 6.07 Å². The van der Waals surface area contributed by atoms with Crippen LogP contribution in [-0.4, -0.2) is 15.4 Å². The summed E-state index contributed by atoms with van der Waals surface area (Å²) in [5.41, 5.74) is 3.35. The summed E-state index contributed by atoms with van der Waals surface area (Å²) in [4.78, 5) is 16.1. The summed E-state index contributed by atoms with van der Waals surface area (Å²) in [5, 5.41) is 3.62. The Morgan fingerprint density at radius 1 is 1.37 bits per heavy atom. The molecule has 5 heteroatoms. The average Bonchev–Trinajstić information content (AvgIpc) is 3.04. The Kier molecular flexibility index (Phi) is 3.05. The number of hydrogen-bond donors (Lipinski definition) is 0. The van der Waals surface area contributed by atoms with Gasteiger partial charge < -0.3 is 9.14 Å². The van der Waals surface area contributed by atoms with Crippen LogP contribution in [0.25, 0.3) is 5.65 Å². The molecule has 0 fully saturated rings. The Labute approximate surface area is 114 Å². The molecule has 3 aromatic rings. The van der Waals surface area contributed by atoms with Crippen LogP contribution in [0.15, 0.2) is 41.4 Å². The highest BCUT2D eigenvalue weighted by atomic mass is 32.1. The van der Waals surface area contributed by atoms with Crippen LogP contribution in [0.2, 0.25) is 0 Å². The quantitative estimate of drug-likeness (QED) is 0.688. The Morgan fingerprint density at radius 2 is 2.26 bits per heavy atom. The van der Waals surface area contributed by atoms with Crippen LogP contribution in [0.4, 0.5) is 0 Å². The molecule has 0 amide bonds. The highest BCUT2D eigenvalue weighted by Crippen LogP contribution is 2.11. The number of aromatic nitrogens is 2. The van der Waals surface area contributed by atoms with Crippen molar-refractivity contribution < 1.29 is 9.53 Å². The zero-order valence-corrected chi connectivity index (χ0v) is 11.2. The van der Waals surface area contributed by atoms with E-state index in [1.165, 1.54) is 11.3 Å². The van der Waals surface area contributed by atoms with Crippen molar-refractivity contribution in [1.29, 1.82) is 0 Å². The first-order valence-corrected chi connectivity index (χ1v) is 6.80. The summed E-state index contributed by atoms with van der Waals surface area (Å²) >= 11 is 1.47. The third-order valence-corrected chi connectivity index (χ3v) is 3.44. The Balaban J connectivity index is 1.73. The molecule has 0 aliphatic carbocycles. The van der Waals surface area contributed by atoms with Gasteiger partial charge in [-0.2, -0.15) is 11.3 Å². The van der Waals surface area contributed by atoms with Gasteiger partial charge in [-0.3, -0.25) is 0 Å². The van der Waals surface area contributed by atoms with Gasteiger partial charge >= 0.3 is 5.97 Å². The Morgan fingerprint density at radius 3 is 3.05 bits per heavy atom. The van der Waals surface area contributed by atoms with Crippen molar-refractivity contribution in [1.82, 2.24) is 9.38 Å². The molecule has 0 aliphatic rings. The van der Waals surface area contributed by atoms with Crippen molar-refractivity contribution in [2.24, 2.45) is 0 Å². The molecule has 3 aromatic heterocycles. The van der Waals surface area contributed by atoms with E-state index < -0.39 is 0 Å². The molecule has 0 spiro atoms. The first kappa shape index (κ1) is 11.9. The second-order valence-corrected chi connectivity index (χ2v) is 5.07. The second kappa shape index (κ2) is 4.85. The molecule has 0 unspecified atom stereocenters. The molecule has 3 heterocycles. The smallest absolute Gasteiger partial charge is 0.339 e. The van der Waals surface area contributed by atoms with Crippen LogP contribution >= 0.6 is 11.3 Å². The lowest BCUT2D eigenvalue weighted by Gasteiger charge is -1.99.